The Morgan fingerprint density at radius 3 is 2.28 bits per heavy atom. The fraction of sp³-hybridized carbons (Fsp3) is 0.600. The second-order valence-electron chi connectivity index (χ2n) is 4.73. The van der Waals surface area contributed by atoms with Crippen molar-refractivity contribution in [3.63, 3.8) is 0 Å². The Morgan fingerprint density at radius 2 is 1.67 bits per heavy atom. The van der Waals surface area contributed by atoms with Crippen molar-refractivity contribution in [1.82, 2.24) is 5.32 Å². The van der Waals surface area contributed by atoms with Crippen LogP contribution in [0.5, 0.6) is 11.5 Å². The molecule has 0 spiro atoms. The summed E-state index contributed by atoms with van der Waals surface area (Å²) in [5, 5.41) is 3.39. The van der Waals surface area contributed by atoms with E-state index < -0.39 is 0 Å². The number of rotatable bonds is 6. The fourth-order valence-electron chi connectivity index (χ4n) is 2.31. The van der Waals surface area contributed by atoms with Crippen LogP contribution in [0, 0.1) is 5.92 Å². The molecule has 3 nitrogen and oxygen atoms in total. The van der Waals surface area contributed by atoms with Gasteiger partial charge in [-0.2, -0.15) is 0 Å². The van der Waals surface area contributed by atoms with Gasteiger partial charge in [0.25, 0.3) is 0 Å². The number of benzene rings is 1. The molecule has 0 aromatic heterocycles. The Bertz CT molecular complexity index is 331. The smallest absolute Gasteiger partial charge is 0.119 e. The summed E-state index contributed by atoms with van der Waals surface area (Å²) in [6.07, 6.45) is 3.73. The van der Waals surface area contributed by atoms with Crippen LogP contribution in [0.3, 0.4) is 0 Å². The van der Waals surface area contributed by atoms with Gasteiger partial charge in [0.2, 0.25) is 0 Å². The Kier molecular flexibility index (Phi) is 5.34. The lowest BCUT2D eigenvalue weighted by molar-refractivity contribution is 0.251. The molecule has 100 valence electrons. The molecule has 2 rings (SSSR count). The maximum Gasteiger partial charge on any atom is 0.119 e. The normalized spacial score (nSPS) is 16.5. The van der Waals surface area contributed by atoms with Crippen LogP contribution in [0.4, 0.5) is 0 Å². The summed E-state index contributed by atoms with van der Waals surface area (Å²) in [7, 11) is 0. The molecule has 1 saturated heterocycles. The number of ether oxygens (including phenoxy) is 2. The Morgan fingerprint density at radius 1 is 1.06 bits per heavy atom. The second kappa shape index (κ2) is 7.27. The highest BCUT2D eigenvalue weighted by molar-refractivity contribution is 5.31. The molecule has 0 aliphatic carbocycles. The van der Waals surface area contributed by atoms with E-state index in [1.54, 1.807) is 0 Å². The van der Waals surface area contributed by atoms with Gasteiger partial charge in [0.05, 0.1) is 13.2 Å². The summed E-state index contributed by atoms with van der Waals surface area (Å²) in [6.45, 7) is 5.83. The van der Waals surface area contributed by atoms with Crippen LogP contribution in [-0.2, 0) is 0 Å². The number of hydrogen-bond donors (Lipinski definition) is 1. The van der Waals surface area contributed by atoms with Crippen molar-refractivity contribution in [2.24, 2.45) is 5.92 Å². The third kappa shape index (κ3) is 4.22. The van der Waals surface area contributed by atoms with E-state index in [4.69, 9.17) is 9.47 Å². The number of piperidine rings is 1. The summed E-state index contributed by atoms with van der Waals surface area (Å²) in [5.74, 6) is 2.67. The van der Waals surface area contributed by atoms with Crippen molar-refractivity contribution < 1.29 is 9.47 Å². The monoisotopic (exact) mass is 249 g/mol. The molecular weight excluding hydrogens is 226 g/mol. The zero-order valence-electron chi connectivity index (χ0n) is 11.2. The molecule has 1 N–H and O–H groups in total. The lowest BCUT2D eigenvalue weighted by Crippen LogP contribution is -2.28. The molecule has 1 aromatic rings. The minimum atomic E-state index is 0.704. The Labute approximate surface area is 109 Å². The average molecular weight is 249 g/mol. The minimum Gasteiger partial charge on any atom is -0.494 e. The lowest BCUT2D eigenvalue weighted by atomic mass is 9.95. The van der Waals surface area contributed by atoms with Gasteiger partial charge in [-0.3, -0.25) is 0 Å². The molecule has 1 heterocycles. The molecule has 0 unspecified atom stereocenters. The van der Waals surface area contributed by atoms with E-state index in [-0.39, 0.29) is 0 Å². The highest BCUT2D eigenvalue weighted by Crippen LogP contribution is 2.20. The Balaban J connectivity index is 1.69. The first-order chi connectivity index (χ1) is 8.88. The predicted molar refractivity (Wildman–Crippen MR) is 73.3 cm³/mol. The van der Waals surface area contributed by atoms with E-state index in [0.29, 0.717) is 6.61 Å². The maximum absolute atomic E-state index is 5.77. The van der Waals surface area contributed by atoms with Crippen LogP contribution in [0.1, 0.15) is 26.2 Å². The molecule has 0 bridgehead atoms. The van der Waals surface area contributed by atoms with E-state index >= 15 is 0 Å². The molecule has 0 saturated carbocycles. The van der Waals surface area contributed by atoms with Gasteiger partial charge < -0.3 is 14.8 Å². The summed E-state index contributed by atoms with van der Waals surface area (Å²) in [6, 6.07) is 7.88. The van der Waals surface area contributed by atoms with Crippen molar-refractivity contribution in [3.05, 3.63) is 24.3 Å². The van der Waals surface area contributed by atoms with Crippen LogP contribution in [0.2, 0.25) is 0 Å². The SMILES string of the molecule is CCOc1ccc(OCCC2CCNCC2)cc1. The van der Waals surface area contributed by atoms with E-state index in [2.05, 4.69) is 5.32 Å². The van der Waals surface area contributed by atoms with Gasteiger partial charge in [0, 0.05) is 0 Å². The zero-order chi connectivity index (χ0) is 12.6. The number of nitrogens with one attached hydrogen (secondary N) is 1. The molecule has 0 radical (unpaired) electrons. The third-order valence-corrected chi connectivity index (χ3v) is 3.39. The van der Waals surface area contributed by atoms with Crippen LogP contribution < -0.4 is 14.8 Å². The first kappa shape index (κ1) is 13.2. The molecule has 18 heavy (non-hydrogen) atoms. The van der Waals surface area contributed by atoms with Gasteiger partial charge in [0.15, 0.2) is 0 Å². The average Bonchev–Trinajstić information content (AvgIpc) is 2.42. The third-order valence-electron chi connectivity index (χ3n) is 3.39. The second-order valence-corrected chi connectivity index (χ2v) is 4.73. The van der Waals surface area contributed by atoms with Crippen molar-refractivity contribution in [2.75, 3.05) is 26.3 Å². The molecule has 0 atom stereocenters. The maximum atomic E-state index is 5.77. The standard InChI is InChI=1S/C15H23NO2/c1-2-17-14-3-5-15(6-4-14)18-12-9-13-7-10-16-11-8-13/h3-6,13,16H,2,7-12H2,1H3. The van der Waals surface area contributed by atoms with Crippen molar-refractivity contribution in [1.29, 1.82) is 0 Å². The van der Waals surface area contributed by atoms with Crippen molar-refractivity contribution >= 4 is 0 Å². The van der Waals surface area contributed by atoms with E-state index in [9.17, 15) is 0 Å². The molecule has 0 amide bonds. The molecule has 1 fully saturated rings. The molecule has 1 aliphatic rings. The first-order valence-electron chi connectivity index (χ1n) is 6.95. The van der Waals surface area contributed by atoms with Crippen molar-refractivity contribution in [2.45, 2.75) is 26.2 Å². The summed E-state index contributed by atoms with van der Waals surface area (Å²) in [4.78, 5) is 0. The van der Waals surface area contributed by atoms with Gasteiger partial charge in [-0.1, -0.05) is 0 Å². The fourth-order valence-corrected chi connectivity index (χ4v) is 2.31. The molecule has 1 aliphatic heterocycles. The lowest BCUT2D eigenvalue weighted by Gasteiger charge is -2.22. The molecular formula is C15H23NO2. The summed E-state index contributed by atoms with van der Waals surface area (Å²) in [5.41, 5.74) is 0. The Hall–Kier alpha value is -1.22. The van der Waals surface area contributed by atoms with E-state index in [1.165, 1.54) is 12.8 Å². The topological polar surface area (TPSA) is 30.5 Å². The van der Waals surface area contributed by atoms with Gasteiger partial charge in [-0.15, -0.1) is 0 Å². The molecule has 1 aromatic carbocycles. The van der Waals surface area contributed by atoms with Crippen molar-refractivity contribution in [3.8, 4) is 11.5 Å². The first-order valence-corrected chi connectivity index (χ1v) is 6.95. The van der Waals surface area contributed by atoms with Crippen LogP contribution in [0.25, 0.3) is 0 Å². The summed E-state index contributed by atoms with van der Waals surface area (Å²) >= 11 is 0. The van der Waals surface area contributed by atoms with E-state index in [1.807, 2.05) is 31.2 Å². The highest BCUT2D eigenvalue weighted by Gasteiger charge is 2.12. The zero-order valence-corrected chi connectivity index (χ0v) is 11.2. The molecule has 3 heteroatoms. The van der Waals surface area contributed by atoms with Gasteiger partial charge in [-0.25, -0.2) is 0 Å². The quantitative estimate of drug-likeness (QED) is 0.841. The van der Waals surface area contributed by atoms with Crippen LogP contribution in [-0.4, -0.2) is 26.3 Å². The predicted octanol–water partition coefficient (Wildman–Crippen LogP) is 2.85. The van der Waals surface area contributed by atoms with Crippen LogP contribution >= 0.6 is 0 Å². The summed E-state index contributed by atoms with van der Waals surface area (Å²) < 4.78 is 11.2. The highest BCUT2D eigenvalue weighted by atomic mass is 16.5. The van der Waals surface area contributed by atoms with Gasteiger partial charge in [-0.05, 0) is 69.5 Å². The van der Waals surface area contributed by atoms with E-state index in [0.717, 1.165) is 43.5 Å². The van der Waals surface area contributed by atoms with Gasteiger partial charge in [0.1, 0.15) is 11.5 Å². The van der Waals surface area contributed by atoms with Gasteiger partial charge >= 0.3 is 0 Å². The van der Waals surface area contributed by atoms with Crippen LogP contribution in [0.15, 0.2) is 24.3 Å². The number of hydrogen-bond acceptors (Lipinski definition) is 3. The largest absolute Gasteiger partial charge is 0.494 e. The minimum absolute atomic E-state index is 0.704.